The fourth-order valence-corrected chi connectivity index (χ4v) is 3.18. The zero-order valence-electron chi connectivity index (χ0n) is 15.0. The summed E-state index contributed by atoms with van der Waals surface area (Å²) in [6.45, 7) is 4.01. The average molecular weight is 453 g/mol. The lowest BCUT2D eigenvalue weighted by Gasteiger charge is -2.41. The first-order valence-electron chi connectivity index (χ1n) is 8.78. The molecule has 1 aliphatic carbocycles. The van der Waals surface area contributed by atoms with Crippen LogP contribution in [0.1, 0.15) is 38.2 Å². The van der Waals surface area contributed by atoms with Crippen molar-refractivity contribution in [2.45, 2.75) is 39.2 Å². The predicted molar refractivity (Wildman–Crippen MR) is 114 cm³/mol. The van der Waals surface area contributed by atoms with E-state index in [0.717, 1.165) is 23.8 Å². The summed E-state index contributed by atoms with van der Waals surface area (Å²) in [5, 5.41) is 11.3. The molecule has 1 aromatic carbocycles. The molecule has 2 aromatic rings. The van der Waals surface area contributed by atoms with Gasteiger partial charge in [-0.2, -0.15) is 5.10 Å². The zero-order valence-corrected chi connectivity index (χ0v) is 17.4. The second-order valence-electron chi connectivity index (χ2n) is 6.62. The Balaban J connectivity index is 0.00000225. The van der Waals surface area contributed by atoms with E-state index >= 15 is 0 Å². The van der Waals surface area contributed by atoms with E-state index in [2.05, 4.69) is 33.8 Å². The van der Waals surface area contributed by atoms with Crippen LogP contribution in [0.2, 0.25) is 0 Å². The van der Waals surface area contributed by atoms with Gasteiger partial charge in [0.1, 0.15) is 0 Å². The molecule has 5 nitrogen and oxygen atoms in total. The number of halogens is 1. The Morgan fingerprint density at radius 1 is 1.24 bits per heavy atom. The van der Waals surface area contributed by atoms with Crippen LogP contribution in [-0.4, -0.2) is 29.3 Å². The van der Waals surface area contributed by atoms with Gasteiger partial charge in [0.15, 0.2) is 5.96 Å². The smallest absolute Gasteiger partial charge is 0.191 e. The van der Waals surface area contributed by atoms with E-state index in [4.69, 9.17) is 0 Å². The number of nitrogens with zero attached hydrogens (tertiary/aromatic N) is 3. The molecule has 0 aliphatic heterocycles. The van der Waals surface area contributed by atoms with Gasteiger partial charge in [0, 0.05) is 31.9 Å². The van der Waals surface area contributed by atoms with Crippen molar-refractivity contribution in [2.75, 3.05) is 13.6 Å². The Morgan fingerprint density at radius 2 is 2.00 bits per heavy atom. The zero-order chi connectivity index (χ0) is 16.8. The van der Waals surface area contributed by atoms with E-state index in [1.54, 1.807) is 0 Å². The van der Waals surface area contributed by atoms with Gasteiger partial charge in [-0.05, 0) is 36.8 Å². The topological polar surface area (TPSA) is 54.2 Å². The molecule has 2 N–H and O–H groups in total. The number of nitrogens with one attached hydrogen (secondary N) is 2. The van der Waals surface area contributed by atoms with Crippen molar-refractivity contribution in [2.24, 2.45) is 10.4 Å². The van der Waals surface area contributed by atoms with Crippen molar-refractivity contribution in [3.63, 3.8) is 0 Å². The van der Waals surface area contributed by atoms with Crippen LogP contribution in [0.3, 0.4) is 0 Å². The maximum atomic E-state index is 4.43. The SMILES string of the molecule is CCC1(CNC(=NC)NCc2cnn(-c3ccccc3)c2)CCC1.I. The van der Waals surface area contributed by atoms with E-state index in [9.17, 15) is 0 Å². The van der Waals surface area contributed by atoms with Gasteiger partial charge in [-0.3, -0.25) is 4.99 Å². The number of guanidine groups is 1. The average Bonchev–Trinajstić information content (AvgIpc) is 3.06. The first-order chi connectivity index (χ1) is 11.7. The number of para-hydroxylation sites is 1. The fraction of sp³-hybridized carbons (Fsp3) is 0.474. The first-order valence-corrected chi connectivity index (χ1v) is 8.78. The summed E-state index contributed by atoms with van der Waals surface area (Å²) in [6.07, 6.45) is 9.21. The third-order valence-corrected chi connectivity index (χ3v) is 5.14. The molecular weight excluding hydrogens is 425 g/mol. The molecule has 1 saturated carbocycles. The highest BCUT2D eigenvalue weighted by molar-refractivity contribution is 14.0. The number of aromatic nitrogens is 2. The predicted octanol–water partition coefficient (Wildman–Crippen LogP) is 3.74. The van der Waals surface area contributed by atoms with E-state index in [0.29, 0.717) is 12.0 Å². The van der Waals surface area contributed by atoms with E-state index in [1.807, 2.05) is 48.3 Å². The summed E-state index contributed by atoms with van der Waals surface area (Å²) in [5.74, 6) is 0.863. The van der Waals surface area contributed by atoms with Crippen molar-refractivity contribution in [1.82, 2.24) is 20.4 Å². The third kappa shape index (κ3) is 4.96. The standard InChI is InChI=1S/C19H27N5.HI/c1-3-19(10-7-11-19)15-22-18(20-2)21-12-16-13-23-24(14-16)17-8-5-4-6-9-17;/h4-6,8-9,13-14H,3,7,10-12,15H2,1-2H3,(H2,20,21,22);1H. The number of benzene rings is 1. The van der Waals surface area contributed by atoms with E-state index < -0.39 is 0 Å². The molecule has 1 fully saturated rings. The molecule has 25 heavy (non-hydrogen) atoms. The highest BCUT2D eigenvalue weighted by atomic mass is 127. The van der Waals surface area contributed by atoms with Crippen LogP contribution in [0.25, 0.3) is 5.69 Å². The summed E-state index contributed by atoms with van der Waals surface area (Å²) in [4.78, 5) is 4.33. The van der Waals surface area contributed by atoms with Crippen molar-refractivity contribution < 1.29 is 0 Å². The third-order valence-electron chi connectivity index (χ3n) is 5.14. The minimum absolute atomic E-state index is 0. The number of hydrogen-bond donors (Lipinski definition) is 2. The minimum atomic E-state index is 0. The lowest BCUT2D eigenvalue weighted by molar-refractivity contribution is 0.131. The molecular formula is C19H28IN5. The van der Waals surface area contributed by atoms with Gasteiger partial charge in [0.05, 0.1) is 11.9 Å². The Morgan fingerprint density at radius 3 is 2.60 bits per heavy atom. The number of aliphatic imine (C=N–C) groups is 1. The summed E-state index contributed by atoms with van der Waals surface area (Å²) < 4.78 is 1.90. The monoisotopic (exact) mass is 453 g/mol. The van der Waals surface area contributed by atoms with Crippen molar-refractivity contribution >= 4 is 29.9 Å². The molecule has 0 unspecified atom stereocenters. The van der Waals surface area contributed by atoms with Gasteiger partial charge in [0.2, 0.25) is 0 Å². The first kappa shape index (κ1) is 19.8. The number of rotatable bonds is 6. The van der Waals surface area contributed by atoms with E-state index in [-0.39, 0.29) is 24.0 Å². The lowest BCUT2D eigenvalue weighted by Crippen LogP contribution is -2.46. The second kappa shape index (κ2) is 9.22. The Hall–Kier alpha value is -1.57. The second-order valence-corrected chi connectivity index (χ2v) is 6.62. The number of hydrogen-bond acceptors (Lipinski definition) is 2. The van der Waals surface area contributed by atoms with Gasteiger partial charge in [-0.25, -0.2) is 4.68 Å². The molecule has 6 heteroatoms. The molecule has 0 radical (unpaired) electrons. The van der Waals surface area contributed by atoms with Crippen LogP contribution in [0.5, 0.6) is 0 Å². The molecule has 1 heterocycles. The van der Waals surface area contributed by atoms with E-state index in [1.165, 1.54) is 25.7 Å². The van der Waals surface area contributed by atoms with Crippen LogP contribution in [0, 0.1) is 5.41 Å². The highest BCUT2D eigenvalue weighted by Crippen LogP contribution is 2.42. The largest absolute Gasteiger partial charge is 0.356 e. The molecule has 0 bridgehead atoms. The molecule has 0 atom stereocenters. The van der Waals surface area contributed by atoms with Crippen LogP contribution < -0.4 is 10.6 Å². The highest BCUT2D eigenvalue weighted by Gasteiger charge is 2.34. The molecule has 0 spiro atoms. The van der Waals surface area contributed by atoms with Crippen molar-refractivity contribution in [3.8, 4) is 5.69 Å². The lowest BCUT2D eigenvalue weighted by atomic mass is 9.67. The van der Waals surface area contributed by atoms with Gasteiger partial charge in [0.25, 0.3) is 0 Å². The Bertz CT molecular complexity index is 671. The molecule has 1 aliphatic rings. The normalized spacial score (nSPS) is 15.8. The van der Waals surface area contributed by atoms with Crippen LogP contribution in [-0.2, 0) is 6.54 Å². The quantitative estimate of drug-likeness (QED) is 0.398. The molecule has 0 saturated heterocycles. The van der Waals surface area contributed by atoms with Crippen LogP contribution in [0.4, 0.5) is 0 Å². The minimum Gasteiger partial charge on any atom is -0.356 e. The maximum absolute atomic E-state index is 4.43. The summed E-state index contributed by atoms with van der Waals surface area (Å²) in [5.41, 5.74) is 2.69. The summed E-state index contributed by atoms with van der Waals surface area (Å²) >= 11 is 0. The van der Waals surface area contributed by atoms with Gasteiger partial charge < -0.3 is 10.6 Å². The Kier molecular flexibility index (Phi) is 7.28. The summed E-state index contributed by atoms with van der Waals surface area (Å²) in [6, 6.07) is 10.1. The molecule has 136 valence electrons. The van der Waals surface area contributed by atoms with Gasteiger partial charge >= 0.3 is 0 Å². The molecule has 3 rings (SSSR count). The van der Waals surface area contributed by atoms with Crippen LogP contribution >= 0.6 is 24.0 Å². The molecule has 0 amide bonds. The van der Waals surface area contributed by atoms with Gasteiger partial charge in [-0.1, -0.05) is 31.5 Å². The molecule has 1 aromatic heterocycles. The maximum Gasteiger partial charge on any atom is 0.191 e. The fourth-order valence-electron chi connectivity index (χ4n) is 3.18. The van der Waals surface area contributed by atoms with Crippen LogP contribution in [0.15, 0.2) is 47.7 Å². The summed E-state index contributed by atoms with van der Waals surface area (Å²) in [7, 11) is 1.82. The Labute approximate surface area is 167 Å². The van der Waals surface area contributed by atoms with Crippen molar-refractivity contribution in [3.05, 3.63) is 48.3 Å². The van der Waals surface area contributed by atoms with Crippen molar-refractivity contribution in [1.29, 1.82) is 0 Å². The van der Waals surface area contributed by atoms with Gasteiger partial charge in [-0.15, -0.1) is 24.0 Å².